The van der Waals surface area contributed by atoms with Crippen LogP contribution in [0.4, 0.5) is 0 Å². The lowest BCUT2D eigenvalue weighted by Gasteiger charge is -2.22. The number of rotatable bonds is 1. The average Bonchev–Trinajstić information content (AvgIpc) is 2.19. The van der Waals surface area contributed by atoms with Gasteiger partial charge >= 0.3 is 0 Å². The molecule has 0 bridgehead atoms. The summed E-state index contributed by atoms with van der Waals surface area (Å²) < 4.78 is 1.000. The molecule has 0 saturated heterocycles. The minimum atomic E-state index is 0.506. The number of aryl methyl sites for hydroxylation is 1. The third-order valence-corrected chi connectivity index (χ3v) is 4.30. The molecule has 1 nitrogen and oxygen atoms in total. The quantitative estimate of drug-likeness (QED) is 0.693. The highest BCUT2D eigenvalue weighted by Gasteiger charge is 2.21. The molecule has 0 saturated carbocycles. The van der Waals surface area contributed by atoms with Crippen LogP contribution in [0.1, 0.15) is 49.4 Å². The molecule has 0 fully saturated rings. The van der Waals surface area contributed by atoms with Crippen LogP contribution >= 0.6 is 27.5 Å². The van der Waals surface area contributed by atoms with Crippen molar-refractivity contribution in [1.82, 2.24) is 4.98 Å². The smallest absolute Gasteiger partial charge is 0.143 e. The van der Waals surface area contributed by atoms with E-state index in [1.165, 1.54) is 29.7 Å². The van der Waals surface area contributed by atoms with Gasteiger partial charge in [0.25, 0.3) is 0 Å². The standard InChI is InChI=1S/C12H15BrClN/c1-7(2)10-8-5-3-4-6-9(8)15-12(14)11(10)13/h7H,3-6H2,1-2H3. The van der Waals surface area contributed by atoms with Crippen LogP contribution in [0.3, 0.4) is 0 Å². The zero-order valence-corrected chi connectivity index (χ0v) is 11.5. The number of nitrogens with zero attached hydrogens (tertiary/aromatic N) is 1. The minimum Gasteiger partial charge on any atom is -0.240 e. The molecule has 1 aliphatic rings. The first-order valence-corrected chi connectivity index (χ1v) is 6.65. The summed E-state index contributed by atoms with van der Waals surface area (Å²) in [5, 5.41) is 0.624. The van der Waals surface area contributed by atoms with E-state index in [4.69, 9.17) is 11.6 Å². The maximum Gasteiger partial charge on any atom is 0.143 e. The first kappa shape index (κ1) is 11.4. The van der Waals surface area contributed by atoms with Crippen molar-refractivity contribution in [2.45, 2.75) is 45.4 Å². The molecule has 1 aromatic rings. The Morgan fingerprint density at radius 3 is 2.60 bits per heavy atom. The van der Waals surface area contributed by atoms with E-state index in [0.29, 0.717) is 11.1 Å². The lowest BCUT2D eigenvalue weighted by atomic mass is 9.88. The van der Waals surface area contributed by atoms with Crippen LogP contribution < -0.4 is 0 Å². The van der Waals surface area contributed by atoms with Crippen molar-refractivity contribution in [2.24, 2.45) is 0 Å². The fraction of sp³-hybridized carbons (Fsp3) is 0.583. The normalized spacial score (nSPS) is 15.5. The second-order valence-corrected chi connectivity index (χ2v) is 5.57. The second kappa shape index (κ2) is 4.42. The molecule has 0 atom stereocenters. The SMILES string of the molecule is CC(C)c1c(Br)c(Cl)nc2c1CCCC2. The van der Waals surface area contributed by atoms with E-state index in [1.807, 2.05) is 0 Å². The van der Waals surface area contributed by atoms with E-state index in [0.717, 1.165) is 17.3 Å². The highest BCUT2D eigenvalue weighted by molar-refractivity contribution is 9.10. The molecule has 0 aliphatic heterocycles. The molecular formula is C12H15BrClN. The molecule has 82 valence electrons. The van der Waals surface area contributed by atoms with Gasteiger partial charge in [-0.05, 0) is 58.7 Å². The van der Waals surface area contributed by atoms with Crippen molar-refractivity contribution in [3.8, 4) is 0 Å². The summed E-state index contributed by atoms with van der Waals surface area (Å²) in [6.45, 7) is 4.43. The first-order chi connectivity index (χ1) is 7.11. The van der Waals surface area contributed by atoms with E-state index < -0.39 is 0 Å². The molecule has 3 heteroatoms. The zero-order valence-electron chi connectivity index (χ0n) is 9.11. The molecule has 15 heavy (non-hydrogen) atoms. The van der Waals surface area contributed by atoms with Gasteiger partial charge in [0.1, 0.15) is 5.15 Å². The first-order valence-electron chi connectivity index (χ1n) is 5.48. The Morgan fingerprint density at radius 2 is 1.93 bits per heavy atom. The summed E-state index contributed by atoms with van der Waals surface area (Å²) in [6.07, 6.45) is 4.77. The van der Waals surface area contributed by atoms with Gasteiger partial charge in [0, 0.05) is 5.69 Å². The van der Waals surface area contributed by atoms with Crippen LogP contribution in [0.15, 0.2) is 4.47 Å². The average molecular weight is 289 g/mol. The number of fused-ring (bicyclic) bond motifs is 1. The lowest BCUT2D eigenvalue weighted by Crippen LogP contribution is -2.11. The summed E-state index contributed by atoms with van der Waals surface area (Å²) in [5.41, 5.74) is 4.02. The Kier molecular flexibility index (Phi) is 3.36. The van der Waals surface area contributed by atoms with E-state index >= 15 is 0 Å². The topological polar surface area (TPSA) is 12.9 Å². The van der Waals surface area contributed by atoms with Gasteiger partial charge in [-0.25, -0.2) is 4.98 Å². The van der Waals surface area contributed by atoms with Crippen LogP contribution in [0.5, 0.6) is 0 Å². The maximum absolute atomic E-state index is 6.14. The fourth-order valence-corrected chi connectivity index (χ4v) is 3.31. The number of halogens is 2. The van der Waals surface area contributed by atoms with Gasteiger partial charge in [-0.1, -0.05) is 25.4 Å². The molecule has 1 heterocycles. The second-order valence-electron chi connectivity index (χ2n) is 4.42. The van der Waals surface area contributed by atoms with Crippen molar-refractivity contribution in [1.29, 1.82) is 0 Å². The van der Waals surface area contributed by atoms with E-state index in [2.05, 4.69) is 34.8 Å². The molecule has 0 radical (unpaired) electrons. The molecule has 0 amide bonds. The minimum absolute atomic E-state index is 0.506. The number of hydrogen-bond acceptors (Lipinski definition) is 1. The van der Waals surface area contributed by atoms with E-state index in [1.54, 1.807) is 0 Å². The van der Waals surface area contributed by atoms with Crippen molar-refractivity contribution in [3.63, 3.8) is 0 Å². The number of hydrogen-bond donors (Lipinski definition) is 0. The molecule has 1 aromatic heterocycles. The van der Waals surface area contributed by atoms with Gasteiger partial charge in [0.2, 0.25) is 0 Å². The van der Waals surface area contributed by atoms with Crippen LogP contribution in [0, 0.1) is 0 Å². The molecule has 0 N–H and O–H groups in total. The van der Waals surface area contributed by atoms with Crippen molar-refractivity contribution in [2.75, 3.05) is 0 Å². The summed E-state index contributed by atoms with van der Waals surface area (Å²) in [4.78, 5) is 4.47. The van der Waals surface area contributed by atoms with Crippen molar-refractivity contribution >= 4 is 27.5 Å². The zero-order chi connectivity index (χ0) is 11.0. The van der Waals surface area contributed by atoms with Gasteiger partial charge < -0.3 is 0 Å². The molecule has 0 unspecified atom stereocenters. The fourth-order valence-electron chi connectivity index (χ4n) is 2.32. The molecule has 0 spiro atoms. The van der Waals surface area contributed by atoms with E-state index in [9.17, 15) is 0 Å². The van der Waals surface area contributed by atoms with Gasteiger partial charge in [0.15, 0.2) is 0 Å². The Hall–Kier alpha value is -0.0800. The van der Waals surface area contributed by atoms with Crippen molar-refractivity contribution < 1.29 is 0 Å². The van der Waals surface area contributed by atoms with Crippen LogP contribution in [-0.4, -0.2) is 4.98 Å². The van der Waals surface area contributed by atoms with Crippen LogP contribution in [0.25, 0.3) is 0 Å². The molecule has 1 aliphatic carbocycles. The van der Waals surface area contributed by atoms with Gasteiger partial charge in [0.05, 0.1) is 4.47 Å². The van der Waals surface area contributed by atoms with Gasteiger partial charge in [-0.2, -0.15) is 0 Å². The number of pyridine rings is 1. The van der Waals surface area contributed by atoms with Crippen LogP contribution in [0.2, 0.25) is 5.15 Å². The monoisotopic (exact) mass is 287 g/mol. The highest BCUT2D eigenvalue weighted by Crippen LogP contribution is 2.37. The summed E-state index contributed by atoms with van der Waals surface area (Å²) in [7, 11) is 0. The molecule has 0 aromatic carbocycles. The Bertz CT molecular complexity index is 388. The van der Waals surface area contributed by atoms with Crippen LogP contribution in [-0.2, 0) is 12.8 Å². The summed E-state index contributed by atoms with van der Waals surface area (Å²) in [5.74, 6) is 0.506. The molecule has 2 rings (SSSR count). The number of aromatic nitrogens is 1. The maximum atomic E-state index is 6.14. The Morgan fingerprint density at radius 1 is 1.27 bits per heavy atom. The summed E-state index contributed by atoms with van der Waals surface area (Å²) in [6, 6.07) is 0. The third kappa shape index (κ3) is 2.07. The van der Waals surface area contributed by atoms with Crippen molar-refractivity contribution in [3.05, 3.63) is 26.4 Å². The third-order valence-electron chi connectivity index (χ3n) is 2.99. The van der Waals surface area contributed by atoms with Gasteiger partial charge in [-0.3, -0.25) is 0 Å². The largest absolute Gasteiger partial charge is 0.240 e. The van der Waals surface area contributed by atoms with Gasteiger partial charge in [-0.15, -0.1) is 0 Å². The van der Waals surface area contributed by atoms with E-state index in [-0.39, 0.29) is 0 Å². The predicted octanol–water partition coefficient (Wildman–Crippen LogP) is 4.50. The molecular weight excluding hydrogens is 273 g/mol. The lowest BCUT2D eigenvalue weighted by molar-refractivity contribution is 0.651. The Balaban J connectivity index is 2.63. The Labute approximate surface area is 104 Å². The highest BCUT2D eigenvalue weighted by atomic mass is 79.9. The summed E-state index contributed by atoms with van der Waals surface area (Å²) >= 11 is 9.70. The predicted molar refractivity (Wildman–Crippen MR) is 67.7 cm³/mol.